The van der Waals surface area contributed by atoms with Crippen LogP contribution in [0.15, 0.2) is 29.6 Å². The number of hydrogen-bond acceptors (Lipinski definition) is 3. The Labute approximate surface area is 128 Å². The fourth-order valence-electron chi connectivity index (χ4n) is 1.95. The third kappa shape index (κ3) is 4.63. The number of hydrogen-bond donors (Lipinski definition) is 1. The Morgan fingerprint density at radius 3 is 2.86 bits per heavy atom. The van der Waals surface area contributed by atoms with E-state index in [2.05, 4.69) is 10.3 Å². The molecule has 0 saturated heterocycles. The van der Waals surface area contributed by atoms with Crippen LogP contribution in [0.5, 0.6) is 0 Å². The summed E-state index contributed by atoms with van der Waals surface area (Å²) in [6.07, 6.45) is 1.20. The molecule has 0 aliphatic heterocycles. The molecule has 1 N–H and O–H groups in total. The number of rotatable bonds is 6. The molecule has 112 valence electrons. The molecule has 0 atom stereocenters. The molecule has 0 aliphatic rings. The van der Waals surface area contributed by atoms with Crippen molar-refractivity contribution in [2.75, 3.05) is 6.54 Å². The maximum absolute atomic E-state index is 13.7. The zero-order valence-corrected chi connectivity index (χ0v) is 13.0. The lowest BCUT2D eigenvalue weighted by Crippen LogP contribution is -2.26. The van der Waals surface area contributed by atoms with Crippen LogP contribution in [0.1, 0.15) is 26.0 Å². The van der Waals surface area contributed by atoms with Crippen LogP contribution in [-0.4, -0.2) is 17.4 Å². The second-order valence-electron chi connectivity index (χ2n) is 5.32. The summed E-state index contributed by atoms with van der Waals surface area (Å²) in [7, 11) is 0. The molecule has 1 amide bonds. The topological polar surface area (TPSA) is 42.0 Å². The molecule has 3 nitrogen and oxygen atoms in total. The van der Waals surface area contributed by atoms with Gasteiger partial charge in [-0.25, -0.2) is 9.37 Å². The highest BCUT2D eigenvalue weighted by molar-refractivity contribution is 7.13. The van der Waals surface area contributed by atoms with E-state index in [1.165, 1.54) is 17.4 Å². The van der Waals surface area contributed by atoms with E-state index >= 15 is 0 Å². The maximum atomic E-state index is 13.7. The number of halogens is 1. The van der Waals surface area contributed by atoms with Gasteiger partial charge in [0.25, 0.3) is 0 Å². The molecular weight excluding hydrogens is 287 g/mol. The van der Waals surface area contributed by atoms with Crippen LogP contribution in [0.2, 0.25) is 0 Å². The standard InChI is InChI=1S/C16H19FN2OS/c1-11(2)9-15(20)18-8-7-12-10-21-16(19-12)13-5-3-4-6-14(13)17/h3-6,10-11H,7-9H2,1-2H3,(H,18,20). The first kappa shape index (κ1) is 15.6. The largest absolute Gasteiger partial charge is 0.356 e. The number of thiazole rings is 1. The third-order valence-corrected chi connectivity index (χ3v) is 3.88. The molecule has 2 aromatic rings. The molecule has 0 aliphatic carbocycles. The predicted octanol–water partition coefficient (Wildman–Crippen LogP) is 3.65. The Morgan fingerprint density at radius 2 is 2.14 bits per heavy atom. The zero-order chi connectivity index (χ0) is 15.2. The minimum absolute atomic E-state index is 0.0644. The summed E-state index contributed by atoms with van der Waals surface area (Å²) < 4.78 is 13.7. The fourth-order valence-corrected chi connectivity index (χ4v) is 2.83. The Morgan fingerprint density at radius 1 is 1.38 bits per heavy atom. The summed E-state index contributed by atoms with van der Waals surface area (Å²) in [5.41, 5.74) is 1.40. The first-order valence-corrected chi connectivity index (χ1v) is 7.90. The van der Waals surface area contributed by atoms with Gasteiger partial charge in [-0.3, -0.25) is 4.79 Å². The van der Waals surface area contributed by atoms with Crippen LogP contribution in [0, 0.1) is 11.7 Å². The Hall–Kier alpha value is -1.75. The summed E-state index contributed by atoms with van der Waals surface area (Å²) >= 11 is 1.42. The van der Waals surface area contributed by atoms with Crippen molar-refractivity contribution in [1.82, 2.24) is 10.3 Å². The Bertz CT molecular complexity index is 610. The van der Waals surface area contributed by atoms with Crippen molar-refractivity contribution in [2.24, 2.45) is 5.92 Å². The fraction of sp³-hybridized carbons (Fsp3) is 0.375. The van der Waals surface area contributed by atoms with Crippen molar-refractivity contribution in [3.8, 4) is 10.6 Å². The van der Waals surface area contributed by atoms with E-state index in [4.69, 9.17) is 0 Å². The van der Waals surface area contributed by atoms with Gasteiger partial charge in [0, 0.05) is 30.3 Å². The number of aromatic nitrogens is 1. The number of benzene rings is 1. The van der Waals surface area contributed by atoms with Crippen molar-refractivity contribution in [1.29, 1.82) is 0 Å². The summed E-state index contributed by atoms with van der Waals surface area (Å²) in [6, 6.07) is 6.62. The van der Waals surface area contributed by atoms with Crippen LogP contribution in [-0.2, 0) is 11.2 Å². The van der Waals surface area contributed by atoms with E-state index in [-0.39, 0.29) is 11.7 Å². The summed E-state index contributed by atoms with van der Waals surface area (Å²) in [6.45, 7) is 4.59. The van der Waals surface area contributed by atoms with E-state index in [0.717, 1.165) is 5.69 Å². The molecule has 5 heteroatoms. The van der Waals surface area contributed by atoms with E-state index in [1.54, 1.807) is 18.2 Å². The molecule has 0 spiro atoms. The average Bonchev–Trinajstić information content (AvgIpc) is 2.87. The van der Waals surface area contributed by atoms with Crippen molar-refractivity contribution < 1.29 is 9.18 Å². The summed E-state index contributed by atoms with van der Waals surface area (Å²) in [4.78, 5) is 16.0. The van der Waals surface area contributed by atoms with Crippen LogP contribution in [0.4, 0.5) is 4.39 Å². The van der Waals surface area contributed by atoms with Crippen molar-refractivity contribution in [3.63, 3.8) is 0 Å². The van der Waals surface area contributed by atoms with Gasteiger partial charge in [-0.1, -0.05) is 26.0 Å². The van der Waals surface area contributed by atoms with Gasteiger partial charge in [0.1, 0.15) is 10.8 Å². The molecule has 0 radical (unpaired) electrons. The van der Waals surface area contributed by atoms with Crippen LogP contribution >= 0.6 is 11.3 Å². The SMILES string of the molecule is CC(C)CC(=O)NCCc1csc(-c2ccccc2F)n1. The molecule has 1 heterocycles. The first-order chi connectivity index (χ1) is 10.1. The molecule has 0 unspecified atom stereocenters. The van der Waals surface area contributed by atoms with Crippen LogP contribution in [0.25, 0.3) is 10.6 Å². The monoisotopic (exact) mass is 306 g/mol. The number of carbonyl (C=O) groups is 1. The summed E-state index contributed by atoms with van der Waals surface area (Å²) in [5.74, 6) is 0.162. The lowest BCUT2D eigenvalue weighted by Gasteiger charge is -2.05. The normalized spacial score (nSPS) is 10.9. The molecule has 2 rings (SSSR count). The van der Waals surface area contributed by atoms with Gasteiger partial charge >= 0.3 is 0 Å². The lowest BCUT2D eigenvalue weighted by atomic mass is 10.1. The Kier molecular flexibility index (Phi) is 5.44. The molecule has 1 aromatic carbocycles. The van der Waals surface area contributed by atoms with Gasteiger partial charge < -0.3 is 5.32 Å². The van der Waals surface area contributed by atoms with Gasteiger partial charge in [-0.15, -0.1) is 11.3 Å². The molecule has 0 bridgehead atoms. The molecule has 0 fully saturated rings. The van der Waals surface area contributed by atoms with Gasteiger partial charge in [-0.05, 0) is 18.1 Å². The average molecular weight is 306 g/mol. The van der Waals surface area contributed by atoms with E-state index < -0.39 is 0 Å². The number of nitrogens with zero attached hydrogens (tertiary/aromatic N) is 1. The summed E-state index contributed by atoms with van der Waals surface area (Å²) in [5, 5.41) is 5.46. The molecule has 1 aromatic heterocycles. The maximum Gasteiger partial charge on any atom is 0.220 e. The second-order valence-corrected chi connectivity index (χ2v) is 6.18. The van der Waals surface area contributed by atoms with Crippen LogP contribution < -0.4 is 5.32 Å². The quantitative estimate of drug-likeness (QED) is 0.885. The van der Waals surface area contributed by atoms with Crippen LogP contribution in [0.3, 0.4) is 0 Å². The minimum Gasteiger partial charge on any atom is -0.356 e. The molecule has 21 heavy (non-hydrogen) atoms. The lowest BCUT2D eigenvalue weighted by molar-refractivity contribution is -0.121. The zero-order valence-electron chi connectivity index (χ0n) is 12.2. The van der Waals surface area contributed by atoms with E-state index in [0.29, 0.717) is 35.9 Å². The first-order valence-electron chi connectivity index (χ1n) is 7.02. The number of nitrogens with one attached hydrogen (secondary N) is 1. The van der Waals surface area contributed by atoms with Crippen molar-refractivity contribution in [2.45, 2.75) is 26.7 Å². The van der Waals surface area contributed by atoms with Crippen molar-refractivity contribution >= 4 is 17.2 Å². The number of amides is 1. The minimum atomic E-state index is -0.261. The van der Waals surface area contributed by atoms with Crippen molar-refractivity contribution in [3.05, 3.63) is 41.2 Å². The second kappa shape index (κ2) is 7.31. The number of carbonyl (C=O) groups excluding carboxylic acids is 1. The smallest absolute Gasteiger partial charge is 0.220 e. The van der Waals surface area contributed by atoms with E-state index in [1.807, 2.05) is 19.2 Å². The molecular formula is C16H19FN2OS. The highest BCUT2D eigenvalue weighted by Crippen LogP contribution is 2.26. The predicted molar refractivity (Wildman–Crippen MR) is 83.7 cm³/mol. The van der Waals surface area contributed by atoms with Gasteiger partial charge in [0.05, 0.1) is 5.69 Å². The van der Waals surface area contributed by atoms with Gasteiger partial charge in [-0.2, -0.15) is 0 Å². The highest BCUT2D eigenvalue weighted by atomic mass is 32.1. The Balaban J connectivity index is 1.89. The highest BCUT2D eigenvalue weighted by Gasteiger charge is 2.09. The third-order valence-electron chi connectivity index (χ3n) is 2.95. The van der Waals surface area contributed by atoms with E-state index in [9.17, 15) is 9.18 Å². The van der Waals surface area contributed by atoms with Gasteiger partial charge in [0.15, 0.2) is 0 Å². The van der Waals surface area contributed by atoms with Gasteiger partial charge in [0.2, 0.25) is 5.91 Å². The molecule has 0 saturated carbocycles.